The van der Waals surface area contributed by atoms with Gasteiger partial charge in [0, 0.05) is 22.3 Å². The lowest BCUT2D eigenvalue weighted by Crippen LogP contribution is -2.28. The Bertz CT molecular complexity index is 2570. The fourth-order valence-corrected chi connectivity index (χ4v) is 8.03. The van der Waals surface area contributed by atoms with Crippen LogP contribution in [-0.4, -0.2) is 0 Å². The van der Waals surface area contributed by atoms with Crippen LogP contribution in [0.2, 0.25) is 0 Å². The van der Waals surface area contributed by atoms with Crippen molar-refractivity contribution in [2.24, 2.45) is 5.92 Å². The Morgan fingerprint density at radius 3 is 2.00 bits per heavy atom. The summed E-state index contributed by atoms with van der Waals surface area (Å²) >= 11 is 0. The Balaban J connectivity index is 1.10. The van der Waals surface area contributed by atoms with Crippen LogP contribution in [0.4, 0.5) is 11.4 Å². The van der Waals surface area contributed by atoms with Gasteiger partial charge < -0.3 is 9.64 Å². The first-order valence-corrected chi connectivity index (χ1v) is 17.9. The van der Waals surface area contributed by atoms with Gasteiger partial charge in [-0.25, -0.2) is 0 Å². The molecule has 0 aromatic heterocycles. The summed E-state index contributed by atoms with van der Waals surface area (Å²) in [6.07, 6.45) is 0. The molecule has 8 aromatic carbocycles. The Morgan fingerprint density at radius 1 is 0.490 bits per heavy atom. The highest BCUT2D eigenvalue weighted by Crippen LogP contribution is 2.49. The van der Waals surface area contributed by atoms with Gasteiger partial charge in [0.05, 0.1) is 6.04 Å². The summed E-state index contributed by atoms with van der Waals surface area (Å²) in [6.45, 7) is 6.86. The Kier molecular flexibility index (Phi) is 7.66. The number of anilines is 2. The minimum atomic E-state index is 0.175. The number of rotatable bonds is 7. The standard InChI is InChI=1S/C49H39NO/c1-32(2)49(34-14-5-4-6-15-34)50(45-21-9-7-13-33(45)3)40-17-11-16-35(31-40)36-23-24-38-30-39(26-25-37(38)29-36)41-27-28-47-48-43(41)19-12-20-44(48)42-18-8-10-22-46(42)51-47/h4-32,49H,1-3H3. The zero-order valence-electron chi connectivity index (χ0n) is 29.2. The molecule has 0 fully saturated rings. The Labute approximate surface area is 300 Å². The maximum atomic E-state index is 6.36. The average molecular weight is 658 g/mol. The summed E-state index contributed by atoms with van der Waals surface area (Å²) in [5.74, 6) is 2.22. The van der Waals surface area contributed by atoms with Crippen molar-refractivity contribution >= 4 is 32.9 Å². The van der Waals surface area contributed by atoms with Gasteiger partial charge in [-0.1, -0.05) is 141 Å². The van der Waals surface area contributed by atoms with Gasteiger partial charge in [0.15, 0.2) is 0 Å². The van der Waals surface area contributed by atoms with Crippen molar-refractivity contribution in [2.75, 3.05) is 4.90 Å². The molecule has 1 unspecified atom stereocenters. The van der Waals surface area contributed by atoms with Crippen molar-refractivity contribution < 1.29 is 4.74 Å². The minimum absolute atomic E-state index is 0.175. The second-order valence-electron chi connectivity index (χ2n) is 14.0. The summed E-state index contributed by atoms with van der Waals surface area (Å²) in [5, 5.41) is 4.83. The van der Waals surface area contributed by atoms with E-state index < -0.39 is 0 Å². The third-order valence-electron chi connectivity index (χ3n) is 10.4. The number of ether oxygens (including phenoxy) is 1. The second kappa shape index (κ2) is 12.6. The predicted molar refractivity (Wildman–Crippen MR) is 215 cm³/mol. The van der Waals surface area contributed by atoms with Crippen LogP contribution in [0.3, 0.4) is 0 Å². The van der Waals surface area contributed by atoms with E-state index in [2.05, 4.69) is 183 Å². The van der Waals surface area contributed by atoms with Crippen molar-refractivity contribution in [2.45, 2.75) is 26.8 Å². The first kappa shape index (κ1) is 30.9. The number of fused-ring (bicyclic) bond motifs is 3. The summed E-state index contributed by atoms with van der Waals surface area (Å²) < 4.78 is 6.36. The van der Waals surface area contributed by atoms with Crippen LogP contribution in [0.5, 0.6) is 11.5 Å². The molecule has 0 saturated carbocycles. The van der Waals surface area contributed by atoms with Crippen LogP contribution in [0.15, 0.2) is 170 Å². The molecule has 0 radical (unpaired) electrons. The normalized spacial score (nSPS) is 12.5. The molecule has 0 aliphatic carbocycles. The fourth-order valence-electron chi connectivity index (χ4n) is 8.03. The summed E-state index contributed by atoms with van der Waals surface area (Å²) in [6, 6.07) is 61.8. The molecular weight excluding hydrogens is 619 g/mol. The molecule has 9 rings (SSSR count). The number of benzene rings is 8. The first-order chi connectivity index (χ1) is 25.0. The highest BCUT2D eigenvalue weighted by Gasteiger charge is 2.27. The highest BCUT2D eigenvalue weighted by molar-refractivity contribution is 6.10. The molecule has 51 heavy (non-hydrogen) atoms. The van der Waals surface area contributed by atoms with Gasteiger partial charge in [0.1, 0.15) is 11.5 Å². The minimum Gasteiger partial charge on any atom is -0.456 e. The van der Waals surface area contributed by atoms with E-state index >= 15 is 0 Å². The van der Waals surface area contributed by atoms with Gasteiger partial charge >= 0.3 is 0 Å². The largest absolute Gasteiger partial charge is 0.456 e. The summed E-state index contributed by atoms with van der Waals surface area (Å²) in [7, 11) is 0. The molecule has 1 aliphatic heterocycles. The van der Waals surface area contributed by atoms with E-state index in [9.17, 15) is 0 Å². The van der Waals surface area contributed by atoms with Gasteiger partial charge in [-0.15, -0.1) is 0 Å². The monoisotopic (exact) mass is 657 g/mol. The van der Waals surface area contributed by atoms with E-state index in [1.807, 2.05) is 12.1 Å². The number of hydrogen-bond acceptors (Lipinski definition) is 2. The average Bonchev–Trinajstić information content (AvgIpc) is 3.17. The van der Waals surface area contributed by atoms with Crippen molar-refractivity contribution in [3.05, 3.63) is 181 Å². The zero-order chi connectivity index (χ0) is 34.5. The molecule has 0 spiro atoms. The predicted octanol–water partition coefficient (Wildman–Crippen LogP) is 13.9. The molecule has 2 heteroatoms. The number of hydrogen-bond donors (Lipinski definition) is 0. The quantitative estimate of drug-likeness (QED) is 0.169. The van der Waals surface area contributed by atoms with Crippen LogP contribution in [0.1, 0.15) is 31.0 Å². The van der Waals surface area contributed by atoms with Gasteiger partial charge in [0.2, 0.25) is 0 Å². The third kappa shape index (κ3) is 5.45. The van der Waals surface area contributed by atoms with E-state index in [0.717, 1.165) is 17.1 Å². The van der Waals surface area contributed by atoms with Crippen LogP contribution >= 0.6 is 0 Å². The second-order valence-corrected chi connectivity index (χ2v) is 14.0. The number of para-hydroxylation sites is 2. The van der Waals surface area contributed by atoms with Gasteiger partial charge in [-0.2, -0.15) is 0 Å². The topological polar surface area (TPSA) is 12.5 Å². The lowest BCUT2D eigenvalue weighted by molar-refractivity contribution is 0.487. The van der Waals surface area contributed by atoms with Crippen molar-refractivity contribution in [3.8, 4) is 44.9 Å². The van der Waals surface area contributed by atoms with Crippen LogP contribution in [-0.2, 0) is 0 Å². The third-order valence-corrected chi connectivity index (χ3v) is 10.4. The molecule has 1 heterocycles. The van der Waals surface area contributed by atoms with E-state index in [1.54, 1.807) is 0 Å². The molecule has 0 amide bonds. The van der Waals surface area contributed by atoms with E-state index in [1.165, 1.54) is 71.9 Å². The molecule has 2 nitrogen and oxygen atoms in total. The maximum absolute atomic E-state index is 6.36. The zero-order valence-corrected chi connectivity index (χ0v) is 29.2. The molecule has 8 aromatic rings. The Morgan fingerprint density at radius 2 is 1.18 bits per heavy atom. The Hall–Kier alpha value is -6.12. The molecule has 0 bridgehead atoms. The van der Waals surface area contributed by atoms with Gasteiger partial charge in [-0.3, -0.25) is 0 Å². The van der Waals surface area contributed by atoms with Crippen molar-refractivity contribution in [3.63, 3.8) is 0 Å². The lowest BCUT2D eigenvalue weighted by atomic mass is 9.90. The molecule has 0 N–H and O–H groups in total. The van der Waals surface area contributed by atoms with Gasteiger partial charge in [0.25, 0.3) is 0 Å². The fraction of sp³-hybridized carbons (Fsp3) is 0.102. The van der Waals surface area contributed by atoms with Crippen molar-refractivity contribution in [1.29, 1.82) is 0 Å². The van der Waals surface area contributed by atoms with Crippen LogP contribution in [0, 0.1) is 12.8 Å². The summed E-state index contributed by atoms with van der Waals surface area (Å²) in [4.78, 5) is 2.54. The molecule has 246 valence electrons. The van der Waals surface area contributed by atoms with E-state index in [0.29, 0.717) is 5.92 Å². The van der Waals surface area contributed by atoms with Crippen molar-refractivity contribution in [1.82, 2.24) is 0 Å². The van der Waals surface area contributed by atoms with Crippen LogP contribution < -0.4 is 9.64 Å². The smallest absolute Gasteiger partial charge is 0.135 e. The number of aryl methyl sites for hydroxylation is 1. The molecular formula is C49H39NO. The highest BCUT2D eigenvalue weighted by atomic mass is 16.5. The maximum Gasteiger partial charge on any atom is 0.135 e. The van der Waals surface area contributed by atoms with Crippen LogP contribution in [0.25, 0.3) is 54.9 Å². The molecule has 1 aliphatic rings. The summed E-state index contributed by atoms with van der Waals surface area (Å²) in [5.41, 5.74) is 12.2. The first-order valence-electron chi connectivity index (χ1n) is 17.9. The number of nitrogens with zero attached hydrogens (tertiary/aromatic N) is 1. The molecule has 0 saturated heterocycles. The SMILES string of the molecule is Cc1ccccc1N(c1cccc(-c2ccc3cc(-c4ccc5c6c(cccc46)-c4ccccc4O5)ccc3c2)c1)C(c1ccccc1)C(C)C. The van der Waals surface area contributed by atoms with E-state index in [-0.39, 0.29) is 6.04 Å². The van der Waals surface area contributed by atoms with Gasteiger partial charge in [-0.05, 0) is 110 Å². The molecule has 1 atom stereocenters. The van der Waals surface area contributed by atoms with E-state index in [4.69, 9.17) is 4.74 Å². The lowest BCUT2D eigenvalue weighted by Gasteiger charge is -2.38.